The molecule has 0 bridgehead atoms. The average molecular weight is 254 g/mol. The average Bonchev–Trinajstić information content (AvgIpc) is 2.77. The molecule has 2 heterocycles. The lowest BCUT2D eigenvalue weighted by Gasteiger charge is -2.27. The van der Waals surface area contributed by atoms with Crippen LogP contribution in [-0.2, 0) is 0 Å². The van der Waals surface area contributed by atoms with Gasteiger partial charge in [0.1, 0.15) is 5.15 Å². The summed E-state index contributed by atoms with van der Waals surface area (Å²) in [5.41, 5.74) is 7.12. The molecule has 0 amide bonds. The zero-order chi connectivity index (χ0) is 12.5. The minimum atomic E-state index is 0.427. The van der Waals surface area contributed by atoms with Crippen molar-refractivity contribution in [2.45, 2.75) is 33.1 Å². The van der Waals surface area contributed by atoms with Crippen LogP contribution in [0.2, 0.25) is 5.15 Å². The molecule has 1 aliphatic heterocycles. The second kappa shape index (κ2) is 4.73. The monoisotopic (exact) mass is 253 g/mol. The molecule has 17 heavy (non-hydrogen) atoms. The maximum absolute atomic E-state index is 5.98. The van der Waals surface area contributed by atoms with E-state index in [0.717, 1.165) is 24.6 Å². The predicted molar refractivity (Wildman–Crippen MR) is 73.5 cm³/mol. The minimum absolute atomic E-state index is 0.427. The van der Waals surface area contributed by atoms with Gasteiger partial charge in [-0.25, -0.2) is 4.98 Å². The van der Waals surface area contributed by atoms with Crippen molar-refractivity contribution < 1.29 is 0 Å². The van der Waals surface area contributed by atoms with Gasteiger partial charge in [-0.1, -0.05) is 25.4 Å². The first-order valence-corrected chi connectivity index (χ1v) is 6.65. The molecule has 0 atom stereocenters. The van der Waals surface area contributed by atoms with Gasteiger partial charge in [-0.3, -0.25) is 0 Å². The summed E-state index contributed by atoms with van der Waals surface area (Å²) in [6.07, 6.45) is 3.63. The van der Waals surface area contributed by atoms with Crippen LogP contribution in [-0.4, -0.2) is 18.1 Å². The van der Waals surface area contributed by atoms with Crippen LogP contribution in [0, 0.1) is 5.41 Å². The third-order valence-electron chi connectivity index (χ3n) is 4.11. The normalized spacial score (nSPS) is 18.6. The molecular formula is C13H20ClN3. The summed E-state index contributed by atoms with van der Waals surface area (Å²) >= 11 is 5.94. The Labute approximate surface area is 108 Å². The standard InChI is InChI=1S/C13H20ClN3/c1-3-13(4-2)7-8-17(9-13)12-10(15)5-6-11(14)16-12/h5-6H,3-4,7-9,15H2,1-2H3. The molecule has 0 aliphatic carbocycles. The molecule has 2 N–H and O–H groups in total. The van der Waals surface area contributed by atoms with Gasteiger partial charge in [0, 0.05) is 13.1 Å². The minimum Gasteiger partial charge on any atom is -0.396 e. The molecule has 0 unspecified atom stereocenters. The van der Waals surface area contributed by atoms with Gasteiger partial charge in [-0.2, -0.15) is 0 Å². The van der Waals surface area contributed by atoms with E-state index in [0.29, 0.717) is 10.6 Å². The van der Waals surface area contributed by atoms with Crippen molar-refractivity contribution in [1.82, 2.24) is 4.98 Å². The highest BCUT2D eigenvalue weighted by Crippen LogP contribution is 2.39. The maximum atomic E-state index is 5.98. The van der Waals surface area contributed by atoms with Crippen molar-refractivity contribution in [3.8, 4) is 0 Å². The van der Waals surface area contributed by atoms with Gasteiger partial charge in [0.05, 0.1) is 5.69 Å². The first-order chi connectivity index (χ1) is 8.10. The van der Waals surface area contributed by atoms with Gasteiger partial charge in [0.15, 0.2) is 5.82 Å². The highest BCUT2D eigenvalue weighted by atomic mass is 35.5. The zero-order valence-electron chi connectivity index (χ0n) is 10.5. The second-order valence-corrected chi connectivity index (χ2v) is 5.31. The predicted octanol–water partition coefficient (Wildman–Crippen LogP) is 3.33. The fourth-order valence-corrected chi connectivity index (χ4v) is 2.78. The molecule has 1 aliphatic rings. The Hall–Kier alpha value is -0.960. The Morgan fingerprint density at radius 1 is 1.41 bits per heavy atom. The van der Waals surface area contributed by atoms with Crippen LogP contribution < -0.4 is 10.6 Å². The fourth-order valence-electron chi connectivity index (χ4n) is 2.63. The summed E-state index contributed by atoms with van der Waals surface area (Å²) in [5.74, 6) is 0.848. The fraction of sp³-hybridized carbons (Fsp3) is 0.615. The molecule has 3 nitrogen and oxygen atoms in total. The van der Waals surface area contributed by atoms with E-state index in [-0.39, 0.29) is 0 Å². The molecule has 94 valence electrons. The van der Waals surface area contributed by atoms with Crippen molar-refractivity contribution in [1.29, 1.82) is 0 Å². The van der Waals surface area contributed by atoms with E-state index in [1.807, 2.05) is 6.07 Å². The number of anilines is 2. The maximum Gasteiger partial charge on any atom is 0.153 e. The Bertz CT molecular complexity index is 402. The summed E-state index contributed by atoms with van der Waals surface area (Å²) in [5, 5.41) is 0.514. The molecule has 0 aromatic carbocycles. The summed E-state index contributed by atoms with van der Waals surface area (Å²) in [6, 6.07) is 3.58. The quantitative estimate of drug-likeness (QED) is 0.841. The third kappa shape index (κ3) is 2.34. The number of hydrogen-bond acceptors (Lipinski definition) is 3. The molecule has 1 saturated heterocycles. The molecule has 0 saturated carbocycles. The Morgan fingerprint density at radius 3 is 2.71 bits per heavy atom. The van der Waals surface area contributed by atoms with Crippen molar-refractivity contribution in [3.63, 3.8) is 0 Å². The van der Waals surface area contributed by atoms with E-state index in [2.05, 4.69) is 23.7 Å². The Kier molecular flexibility index (Phi) is 3.48. The number of pyridine rings is 1. The molecule has 1 aromatic rings. The first kappa shape index (κ1) is 12.5. The van der Waals surface area contributed by atoms with E-state index >= 15 is 0 Å². The van der Waals surface area contributed by atoms with Crippen LogP contribution >= 0.6 is 11.6 Å². The number of nitrogen functional groups attached to an aromatic ring is 1. The summed E-state index contributed by atoms with van der Waals surface area (Å²) < 4.78 is 0. The third-order valence-corrected chi connectivity index (χ3v) is 4.32. The molecule has 4 heteroatoms. The molecular weight excluding hydrogens is 234 g/mol. The van der Waals surface area contributed by atoms with Crippen LogP contribution in [0.5, 0.6) is 0 Å². The van der Waals surface area contributed by atoms with Crippen molar-refractivity contribution in [3.05, 3.63) is 17.3 Å². The molecule has 1 fully saturated rings. The van der Waals surface area contributed by atoms with E-state index in [1.165, 1.54) is 19.3 Å². The number of rotatable bonds is 3. The Balaban J connectivity index is 2.23. The number of nitrogens with two attached hydrogens (primary N) is 1. The SMILES string of the molecule is CCC1(CC)CCN(c2nc(Cl)ccc2N)C1. The van der Waals surface area contributed by atoms with E-state index in [1.54, 1.807) is 6.07 Å². The van der Waals surface area contributed by atoms with Gasteiger partial charge in [0.2, 0.25) is 0 Å². The summed E-state index contributed by atoms with van der Waals surface area (Å²) in [4.78, 5) is 6.63. The van der Waals surface area contributed by atoms with Crippen LogP contribution in [0.4, 0.5) is 11.5 Å². The second-order valence-electron chi connectivity index (χ2n) is 4.93. The largest absolute Gasteiger partial charge is 0.396 e. The highest BCUT2D eigenvalue weighted by Gasteiger charge is 2.36. The van der Waals surface area contributed by atoms with E-state index < -0.39 is 0 Å². The highest BCUT2D eigenvalue weighted by molar-refractivity contribution is 6.29. The van der Waals surface area contributed by atoms with Gasteiger partial charge < -0.3 is 10.6 Å². The molecule has 2 rings (SSSR count). The number of hydrogen-bond donors (Lipinski definition) is 1. The van der Waals surface area contributed by atoms with Crippen LogP contribution in [0.1, 0.15) is 33.1 Å². The van der Waals surface area contributed by atoms with Gasteiger partial charge >= 0.3 is 0 Å². The number of nitrogens with zero attached hydrogens (tertiary/aromatic N) is 2. The lowest BCUT2D eigenvalue weighted by atomic mass is 9.82. The lowest BCUT2D eigenvalue weighted by molar-refractivity contribution is 0.301. The molecule has 0 spiro atoms. The van der Waals surface area contributed by atoms with Crippen LogP contribution in [0.15, 0.2) is 12.1 Å². The zero-order valence-corrected chi connectivity index (χ0v) is 11.3. The van der Waals surface area contributed by atoms with Crippen molar-refractivity contribution in [2.75, 3.05) is 23.7 Å². The Morgan fingerprint density at radius 2 is 2.12 bits per heavy atom. The van der Waals surface area contributed by atoms with E-state index in [9.17, 15) is 0 Å². The van der Waals surface area contributed by atoms with Crippen LogP contribution in [0.3, 0.4) is 0 Å². The number of aromatic nitrogens is 1. The first-order valence-electron chi connectivity index (χ1n) is 6.27. The number of halogens is 1. The van der Waals surface area contributed by atoms with Gasteiger partial charge in [-0.15, -0.1) is 0 Å². The summed E-state index contributed by atoms with van der Waals surface area (Å²) in [6.45, 7) is 6.60. The molecule has 0 radical (unpaired) electrons. The lowest BCUT2D eigenvalue weighted by Crippen LogP contribution is -2.27. The van der Waals surface area contributed by atoms with Gasteiger partial charge in [0.25, 0.3) is 0 Å². The van der Waals surface area contributed by atoms with Crippen molar-refractivity contribution in [2.24, 2.45) is 5.41 Å². The summed E-state index contributed by atoms with van der Waals surface area (Å²) in [7, 11) is 0. The van der Waals surface area contributed by atoms with Gasteiger partial charge in [-0.05, 0) is 36.8 Å². The molecule has 1 aromatic heterocycles. The topological polar surface area (TPSA) is 42.2 Å². The van der Waals surface area contributed by atoms with Crippen LogP contribution in [0.25, 0.3) is 0 Å². The smallest absolute Gasteiger partial charge is 0.153 e. The van der Waals surface area contributed by atoms with Crippen molar-refractivity contribution >= 4 is 23.1 Å². The van der Waals surface area contributed by atoms with E-state index in [4.69, 9.17) is 17.3 Å².